The number of rotatable bonds is 7. The van der Waals surface area contributed by atoms with E-state index in [1.54, 1.807) is 7.11 Å². The summed E-state index contributed by atoms with van der Waals surface area (Å²) in [6.07, 6.45) is 5.14. The van der Waals surface area contributed by atoms with Gasteiger partial charge in [0.1, 0.15) is 11.8 Å². The SMILES string of the molecule is CCn1cc([C@@H]2OCC[C@@H]2CNCc2ccc(OC)c(C#N)c2)cn1. The van der Waals surface area contributed by atoms with Gasteiger partial charge >= 0.3 is 0 Å². The molecule has 1 aliphatic heterocycles. The molecule has 3 rings (SSSR count). The molecule has 0 saturated carbocycles. The molecule has 0 radical (unpaired) electrons. The molecule has 1 fully saturated rings. The quantitative estimate of drug-likeness (QED) is 0.839. The molecule has 0 unspecified atom stereocenters. The summed E-state index contributed by atoms with van der Waals surface area (Å²) in [5, 5.41) is 17.0. The smallest absolute Gasteiger partial charge is 0.136 e. The summed E-state index contributed by atoms with van der Waals surface area (Å²) < 4.78 is 13.0. The minimum atomic E-state index is 0.110. The van der Waals surface area contributed by atoms with E-state index in [0.717, 1.165) is 43.8 Å². The molecule has 0 bridgehead atoms. The van der Waals surface area contributed by atoms with Crippen LogP contribution < -0.4 is 10.1 Å². The maximum absolute atomic E-state index is 9.18. The van der Waals surface area contributed by atoms with Crippen LogP contribution in [0.4, 0.5) is 0 Å². The minimum Gasteiger partial charge on any atom is -0.495 e. The van der Waals surface area contributed by atoms with E-state index in [4.69, 9.17) is 9.47 Å². The molecule has 1 N–H and O–H groups in total. The van der Waals surface area contributed by atoms with Crippen molar-refractivity contribution in [2.75, 3.05) is 20.3 Å². The van der Waals surface area contributed by atoms with Crippen LogP contribution in [0.3, 0.4) is 0 Å². The van der Waals surface area contributed by atoms with Gasteiger partial charge in [0.05, 0.1) is 25.0 Å². The van der Waals surface area contributed by atoms with Gasteiger partial charge in [-0.05, 0) is 31.0 Å². The monoisotopic (exact) mass is 340 g/mol. The van der Waals surface area contributed by atoms with Gasteiger partial charge in [0.15, 0.2) is 0 Å². The summed E-state index contributed by atoms with van der Waals surface area (Å²) in [6.45, 7) is 5.32. The summed E-state index contributed by atoms with van der Waals surface area (Å²) in [5.74, 6) is 1.05. The largest absolute Gasteiger partial charge is 0.495 e. The predicted octanol–water partition coefficient (Wildman–Crippen LogP) is 2.65. The molecule has 1 aromatic carbocycles. The maximum atomic E-state index is 9.18. The minimum absolute atomic E-state index is 0.110. The highest BCUT2D eigenvalue weighted by atomic mass is 16.5. The molecule has 2 aromatic rings. The number of benzene rings is 1. The number of ether oxygens (including phenoxy) is 2. The zero-order valence-electron chi connectivity index (χ0n) is 14.7. The van der Waals surface area contributed by atoms with E-state index in [-0.39, 0.29) is 6.10 Å². The summed E-state index contributed by atoms with van der Waals surface area (Å²) in [6, 6.07) is 7.88. The van der Waals surface area contributed by atoms with Crippen molar-refractivity contribution in [1.82, 2.24) is 15.1 Å². The molecular weight excluding hydrogens is 316 g/mol. The zero-order valence-corrected chi connectivity index (χ0v) is 14.7. The number of nitrogens with zero attached hydrogens (tertiary/aromatic N) is 3. The van der Waals surface area contributed by atoms with Crippen LogP contribution in [0.25, 0.3) is 0 Å². The number of nitrogens with one attached hydrogen (secondary N) is 1. The fourth-order valence-corrected chi connectivity index (χ4v) is 3.27. The third kappa shape index (κ3) is 4.01. The second kappa shape index (κ2) is 8.15. The first-order valence-corrected chi connectivity index (χ1v) is 8.66. The van der Waals surface area contributed by atoms with E-state index < -0.39 is 0 Å². The van der Waals surface area contributed by atoms with Gasteiger partial charge in [-0.3, -0.25) is 4.68 Å². The van der Waals surface area contributed by atoms with Crippen molar-refractivity contribution in [3.8, 4) is 11.8 Å². The Morgan fingerprint density at radius 2 is 2.36 bits per heavy atom. The fraction of sp³-hybridized carbons (Fsp3) is 0.474. The Bertz CT molecular complexity index is 750. The van der Waals surface area contributed by atoms with E-state index in [2.05, 4.69) is 29.6 Å². The highest BCUT2D eigenvalue weighted by Gasteiger charge is 2.30. The number of aromatic nitrogens is 2. The van der Waals surface area contributed by atoms with Gasteiger partial charge in [-0.1, -0.05) is 6.07 Å². The lowest BCUT2D eigenvalue weighted by Gasteiger charge is -2.18. The van der Waals surface area contributed by atoms with Crippen molar-refractivity contribution in [3.63, 3.8) is 0 Å². The lowest BCUT2D eigenvalue weighted by molar-refractivity contribution is 0.0904. The average Bonchev–Trinajstić information content (AvgIpc) is 3.30. The number of methoxy groups -OCH3 is 1. The van der Waals surface area contributed by atoms with E-state index in [9.17, 15) is 5.26 Å². The first-order chi connectivity index (χ1) is 12.2. The van der Waals surface area contributed by atoms with Gasteiger partial charge in [-0.15, -0.1) is 0 Å². The van der Waals surface area contributed by atoms with Gasteiger partial charge in [0.2, 0.25) is 0 Å². The Kier molecular flexibility index (Phi) is 5.69. The van der Waals surface area contributed by atoms with Crippen LogP contribution in [-0.2, 0) is 17.8 Å². The van der Waals surface area contributed by atoms with Crippen LogP contribution in [0.2, 0.25) is 0 Å². The molecule has 2 heterocycles. The summed E-state index contributed by atoms with van der Waals surface area (Å²) in [4.78, 5) is 0. The zero-order chi connectivity index (χ0) is 17.6. The molecule has 25 heavy (non-hydrogen) atoms. The van der Waals surface area contributed by atoms with Crippen LogP contribution in [0.1, 0.15) is 36.1 Å². The molecule has 0 spiro atoms. The molecule has 1 saturated heterocycles. The third-order valence-corrected chi connectivity index (χ3v) is 4.64. The Morgan fingerprint density at radius 1 is 1.48 bits per heavy atom. The molecule has 6 nitrogen and oxygen atoms in total. The average molecular weight is 340 g/mol. The van der Waals surface area contributed by atoms with Crippen molar-refractivity contribution in [3.05, 3.63) is 47.3 Å². The van der Waals surface area contributed by atoms with Crippen molar-refractivity contribution in [2.24, 2.45) is 5.92 Å². The molecule has 132 valence electrons. The van der Waals surface area contributed by atoms with Crippen molar-refractivity contribution in [2.45, 2.75) is 32.5 Å². The molecule has 6 heteroatoms. The van der Waals surface area contributed by atoms with E-state index >= 15 is 0 Å². The Hall–Kier alpha value is -2.36. The first kappa shape index (κ1) is 17.5. The Balaban J connectivity index is 1.57. The maximum Gasteiger partial charge on any atom is 0.136 e. The Labute approximate surface area is 148 Å². The molecular formula is C19H24N4O2. The summed E-state index contributed by atoms with van der Waals surface area (Å²) in [5.41, 5.74) is 2.80. The second-order valence-corrected chi connectivity index (χ2v) is 6.25. The van der Waals surface area contributed by atoms with Crippen LogP contribution in [0.5, 0.6) is 5.75 Å². The first-order valence-electron chi connectivity index (χ1n) is 8.66. The van der Waals surface area contributed by atoms with Crippen LogP contribution in [-0.4, -0.2) is 30.0 Å². The molecule has 2 atom stereocenters. The van der Waals surface area contributed by atoms with E-state index in [1.807, 2.05) is 29.1 Å². The van der Waals surface area contributed by atoms with Gasteiger partial charge < -0.3 is 14.8 Å². The lowest BCUT2D eigenvalue weighted by Crippen LogP contribution is -2.24. The standard InChI is InChI=1S/C19H24N4O2/c1-3-23-13-17(12-22-23)19-15(6-7-25-19)11-21-10-14-4-5-18(24-2)16(8-14)9-20/h4-5,8,12-13,15,19,21H,3,6-7,10-11H2,1-2H3/t15-,19-/m1/s1. The van der Waals surface area contributed by atoms with Crippen LogP contribution in [0.15, 0.2) is 30.6 Å². The van der Waals surface area contributed by atoms with Crippen molar-refractivity contribution < 1.29 is 9.47 Å². The van der Waals surface area contributed by atoms with E-state index in [1.165, 1.54) is 0 Å². The molecule has 0 amide bonds. The number of nitriles is 1. The van der Waals surface area contributed by atoms with Gasteiger partial charge in [0, 0.05) is 43.9 Å². The van der Waals surface area contributed by atoms with Gasteiger partial charge in [-0.2, -0.15) is 10.4 Å². The third-order valence-electron chi connectivity index (χ3n) is 4.64. The van der Waals surface area contributed by atoms with Crippen molar-refractivity contribution >= 4 is 0 Å². The number of hydrogen-bond acceptors (Lipinski definition) is 5. The number of hydrogen-bond donors (Lipinski definition) is 1. The van der Waals surface area contributed by atoms with Crippen LogP contribution in [0, 0.1) is 17.2 Å². The predicted molar refractivity (Wildman–Crippen MR) is 94.1 cm³/mol. The number of aryl methyl sites for hydroxylation is 1. The van der Waals surface area contributed by atoms with Crippen molar-refractivity contribution in [1.29, 1.82) is 5.26 Å². The van der Waals surface area contributed by atoms with Gasteiger partial charge in [0.25, 0.3) is 0 Å². The Morgan fingerprint density at radius 3 is 3.08 bits per heavy atom. The highest BCUT2D eigenvalue weighted by Crippen LogP contribution is 2.33. The highest BCUT2D eigenvalue weighted by molar-refractivity contribution is 5.45. The van der Waals surface area contributed by atoms with Gasteiger partial charge in [-0.25, -0.2) is 0 Å². The van der Waals surface area contributed by atoms with Crippen LogP contribution >= 0.6 is 0 Å². The second-order valence-electron chi connectivity index (χ2n) is 6.25. The molecule has 1 aromatic heterocycles. The molecule has 0 aliphatic carbocycles. The fourth-order valence-electron chi connectivity index (χ4n) is 3.27. The lowest BCUT2D eigenvalue weighted by atomic mass is 9.97. The summed E-state index contributed by atoms with van der Waals surface area (Å²) >= 11 is 0. The summed E-state index contributed by atoms with van der Waals surface area (Å²) in [7, 11) is 1.58. The molecule has 1 aliphatic rings. The topological polar surface area (TPSA) is 72.1 Å². The van der Waals surface area contributed by atoms with E-state index in [0.29, 0.717) is 17.2 Å². The normalized spacial score (nSPS) is 19.7.